The molecule has 0 aliphatic rings. The fourth-order valence-corrected chi connectivity index (χ4v) is 2.01. The standard InChI is InChI=1S/C16H15BrO2/c1-2-11-19-15-6-4-3-5-14(15)16(18)12-7-9-13(17)10-8-12/h3-10H,2,11H2,1H3. The van der Waals surface area contributed by atoms with Crippen LogP contribution >= 0.6 is 15.9 Å². The maximum absolute atomic E-state index is 12.4. The Bertz CT molecular complexity index is 561. The summed E-state index contributed by atoms with van der Waals surface area (Å²) >= 11 is 3.36. The van der Waals surface area contributed by atoms with Gasteiger partial charge < -0.3 is 4.74 Å². The minimum absolute atomic E-state index is 0.0146. The minimum Gasteiger partial charge on any atom is -0.493 e. The predicted molar refractivity (Wildman–Crippen MR) is 79.8 cm³/mol. The first kappa shape index (κ1) is 13.8. The number of halogens is 1. The van der Waals surface area contributed by atoms with Gasteiger partial charge in [0.1, 0.15) is 5.75 Å². The highest BCUT2D eigenvalue weighted by atomic mass is 79.9. The third kappa shape index (κ3) is 3.44. The lowest BCUT2D eigenvalue weighted by molar-refractivity contribution is 0.103. The first-order valence-corrected chi connectivity index (χ1v) is 7.03. The summed E-state index contributed by atoms with van der Waals surface area (Å²) < 4.78 is 6.58. The fraction of sp³-hybridized carbons (Fsp3) is 0.188. The average Bonchev–Trinajstić information content (AvgIpc) is 2.45. The van der Waals surface area contributed by atoms with E-state index in [0.29, 0.717) is 23.5 Å². The van der Waals surface area contributed by atoms with Crippen molar-refractivity contribution in [2.24, 2.45) is 0 Å². The molecule has 0 fully saturated rings. The van der Waals surface area contributed by atoms with Crippen molar-refractivity contribution >= 4 is 21.7 Å². The van der Waals surface area contributed by atoms with E-state index in [9.17, 15) is 4.79 Å². The number of hydrogen-bond acceptors (Lipinski definition) is 2. The van der Waals surface area contributed by atoms with Gasteiger partial charge in [-0.3, -0.25) is 4.79 Å². The zero-order chi connectivity index (χ0) is 13.7. The van der Waals surface area contributed by atoms with Crippen molar-refractivity contribution in [3.8, 4) is 5.75 Å². The number of para-hydroxylation sites is 1. The van der Waals surface area contributed by atoms with Crippen molar-refractivity contribution in [2.45, 2.75) is 13.3 Å². The van der Waals surface area contributed by atoms with Crippen molar-refractivity contribution in [1.29, 1.82) is 0 Å². The molecule has 0 unspecified atom stereocenters. The van der Waals surface area contributed by atoms with Gasteiger partial charge in [0.05, 0.1) is 12.2 Å². The van der Waals surface area contributed by atoms with Crippen molar-refractivity contribution in [3.63, 3.8) is 0 Å². The van der Waals surface area contributed by atoms with E-state index in [2.05, 4.69) is 15.9 Å². The van der Waals surface area contributed by atoms with E-state index >= 15 is 0 Å². The number of carbonyl (C=O) groups is 1. The predicted octanol–water partition coefficient (Wildman–Crippen LogP) is 4.47. The molecule has 2 aromatic rings. The van der Waals surface area contributed by atoms with Gasteiger partial charge in [-0.2, -0.15) is 0 Å². The molecule has 2 nitrogen and oxygen atoms in total. The number of benzene rings is 2. The Labute approximate surface area is 121 Å². The lowest BCUT2D eigenvalue weighted by atomic mass is 10.0. The summed E-state index contributed by atoms with van der Waals surface area (Å²) in [5.74, 6) is 0.636. The van der Waals surface area contributed by atoms with Gasteiger partial charge in [-0.25, -0.2) is 0 Å². The molecule has 0 amide bonds. The summed E-state index contributed by atoms with van der Waals surface area (Å²) in [6.45, 7) is 2.66. The van der Waals surface area contributed by atoms with Gasteiger partial charge in [0.25, 0.3) is 0 Å². The van der Waals surface area contributed by atoms with Crippen LogP contribution in [0.25, 0.3) is 0 Å². The molecule has 0 aromatic heterocycles. The molecule has 2 aromatic carbocycles. The van der Waals surface area contributed by atoms with Crippen molar-refractivity contribution < 1.29 is 9.53 Å². The smallest absolute Gasteiger partial charge is 0.196 e. The lowest BCUT2D eigenvalue weighted by Gasteiger charge is -2.10. The second kappa shape index (κ2) is 6.53. The number of carbonyl (C=O) groups excluding carboxylic acids is 1. The zero-order valence-corrected chi connectivity index (χ0v) is 12.3. The van der Waals surface area contributed by atoms with Gasteiger partial charge in [0.2, 0.25) is 0 Å². The summed E-state index contributed by atoms with van der Waals surface area (Å²) in [5, 5.41) is 0. The van der Waals surface area contributed by atoms with Crippen LogP contribution in [0.1, 0.15) is 29.3 Å². The molecule has 0 saturated heterocycles. The molecule has 0 aliphatic heterocycles. The van der Waals surface area contributed by atoms with E-state index in [0.717, 1.165) is 10.9 Å². The second-order valence-corrected chi connectivity index (χ2v) is 5.10. The van der Waals surface area contributed by atoms with Crippen molar-refractivity contribution in [2.75, 3.05) is 6.61 Å². The quantitative estimate of drug-likeness (QED) is 0.760. The largest absolute Gasteiger partial charge is 0.493 e. The summed E-state index contributed by atoms with van der Waals surface area (Å²) in [6.07, 6.45) is 0.917. The first-order chi connectivity index (χ1) is 9.22. The van der Waals surface area contributed by atoms with Crippen molar-refractivity contribution in [1.82, 2.24) is 0 Å². The van der Waals surface area contributed by atoms with Gasteiger partial charge in [-0.05, 0) is 42.8 Å². The molecular formula is C16H15BrO2. The van der Waals surface area contributed by atoms with Crippen molar-refractivity contribution in [3.05, 3.63) is 64.1 Å². The Kier molecular flexibility index (Phi) is 4.74. The molecular weight excluding hydrogens is 304 g/mol. The summed E-state index contributed by atoms with van der Waals surface area (Å²) in [7, 11) is 0. The number of hydrogen-bond donors (Lipinski definition) is 0. The maximum Gasteiger partial charge on any atom is 0.196 e. The van der Waals surface area contributed by atoms with E-state index in [1.807, 2.05) is 49.4 Å². The third-order valence-corrected chi connectivity index (χ3v) is 3.23. The van der Waals surface area contributed by atoms with Crippen LogP contribution in [0.4, 0.5) is 0 Å². The fourth-order valence-electron chi connectivity index (χ4n) is 1.75. The van der Waals surface area contributed by atoms with Gasteiger partial charge >= 0.3 is 0 Å². The van der Waals surface area contributed by atoms with E-state index in [-0.39, 0.29) is 5.78 Å². The molecule has 0 bridgehead atoms. The molecule has 0 saturated carbocycles. The van der Waals surface area contributed by atoms with Crippen LogP contribution in [-0.2, 0) is 0 Å². The molecule has 0 atom stereocenters. The SMILES string of the molecule is CCCOc1ccccc1C(=O)c1ccc(Br)cc1. The van der Waals surface area contributed by atoms with Gasteiger partial charge in [0.15, 0.2) is 5.78 Å². The first-order valence-electron chi connectivity index (χ1n) is 6.24. The van der Waals surface area contributed by atoms with E-state index in [4.69, 9.17) is 4.74 Å². The average molecular weight is 319 g/mol. The second-order valence-electron chi connectivity index (χ2n) is 4.18. The summed E-state index contributed by atoms with van der Waals surface area (Å²) in [6, 6.07) is 14.7. The Hall–Kier alpha value is -1.61. The molecule has 0 heterocycles. The highest BCUT2D eigenvalue weighted by Gasteiger charge is 2.13. The molecule has 0 radical (unpaired) electrons. The van der Waals surface area contributed by atoms with E-state index < -0.39 is 0 Å². The molecule has 98 valence electrons. The van der Waals surface area contributed by atoms with Gasteiger partial charge in [-0.15, -0.1) is 0 Å². The Morgan fingerprint density at radius 1 is 1.11 bits per heavy atom. The third-order valence-electron chi connectivity index (χ3n) is 2.70. The monoisotopic (exact) mass is 318 g/mol. The minimum atomic E-state index is -0.0146. The zero-order valence-electron chi connectivity index (χ0n) is 10.7. The molecule has 0 aliphatic carbocycles. The Morgan fingerprint density at radius 3 is 2.47 bits per heavy atom. The van der Waals surface area contributed by atoms with Gasteiger partial charge in [-0.1, -0.05) is 35.0 Å². The Morgan fingerprint density at radius 2 is 1.79 bits per heavy atom. The molecule has 0 spiro atoms. The Balaban J connectivity index is 2.30. The summed E-state index contributed by atoms with van der Waals surface area (Å²) in [4.78, 5) is 12.4. The normalized spacial score (nSPS) is 10.2. The number of ketones is 1. The molecule has 3 heteroatoms. The van der Waals surface area contributed by atoms with Crippen LogP contribution in [0.5, 0.6) is 5.75 Å². The molecule has 19 heavy (non-hydrogen) atoms. The topological polar surface area (TPSA) is 26.3 Å². The van der Waals surface area contributed by atoms with E-state index in [1.54, 1.807) is 6.07 Å². The van der Waals surface area contributed by atoms with Crippen LogP contribution in [0, 0.1) is 0 Å². The number of ether oxygens (including phenoxy) is 1. The van der Waals surface area contributed by atoms with Crippen LogP contribution < -0.4 is 4.74 Å². The highest BCUT2D eigenvalue weighted by Crippen LogP contribution is 2.22. The molecule has 2 rings (SSSR count). The van der Waals surface area contributed by atoms with Crippen LogP contribution in [0.3, 0.4) is 0 Å². The lowest BCUT2D eigenvalue weighted by Crippen LogP contribution is -2.05. The van der Waals surface area contributed by atoms with Crippen LogP contribution in [0.15, 0.2) is 53.0 Å². The van der Waals surface area contributed by atoms with E-state index in [1.165, 1.54) is 0 Å². The molecule has 0 N–H and O–H groups in total. The highest BCUT2D eigenvalue weighted by molar-refractivity contribution is 9.10. The van der Waals surface area contributed by atoms with Crippen LogP contribution in [0.2, 0.25) is 0 Å². The van der Waals surface area contributed by atoms with Gasteiger partial charge in [0, 0.05) is 10.0 Å². The maximum atomic E-state index is 12.4. The number of rotatable bonds is 5. The summed E-state index contributed by atoms with van der Waals surface area (Å²) in [5.41, 5.74) is 1.27. The van der Waals surface area contributed by atoms with Crippen LogP contribution in [-0.4, -0.2) is 12.4 Å².